The van der Waals surface area contributed by atoms with Gasteiger partial charge in [0.25, 0.3) is 0 Å². The van der Waals surface area contributed by atoms with Gasteiger partial charge in [-0.15, -0.1) is 5.10 Å². The molecule has 0 fully saturated rings. The maximum Gasteiger partial charge on any atom is 0.381 e. The van der Waals surface area contributed by atoms with Crippen LogP contribution in [0.3, 0.4) is 0 Å². The number of nitrogens with one attached hydrogen (secondary N) is 2. The van der Waals surface area contributed by atoms with Gasteiger partial charge in [-0.2, -0.15) is 4.98 Å². The van der Waals surface area contributed by atoms with Gasteiger partial charge in [-0.05, 0) is 34.2 Å². The largest absolute Gasteiger partial charge is 0.381 e. The normalized spacial score (nSPS) is 10.8. The molecule has 3 aromatic rings. The van der Waals surface area contributed by atoms with Crippen LogP contribution in [-0.4, -0.2) is 29.7 Å². The number of anilines is 2. The minimum absolute atomic E-state index is 0.157. The van der Waals surface area contributed by atoms with E-state index in [0.29, 0.717) is 35.6 Å². The number of hydrogen-bond donors (Lipinski definition) is 2. The van der Waals surface area contributed by atoms with Crippen molar-refractivity contribution in [1.29, 1.82) is 0 Å². The average molecular weight is 348 g/mol. The average Bonchev–Trinajstić information content (AvgIpc) is 3.14. The van der Waals surface area contributed by atoms with Crippen LogP contribution in [0, 0.1) is 17.0 Å². The zero-order valence-corrected chi connectivity index (χ0v) is 13.5. The second kappa shape index (κ2) is 6.67. The summed E-state index contributed by atoms with van der Waals surface area (Å²) in [6.07, 6.45) is 1.96. The first-order valence-corrected chi connectivity index (χ1v) is 7.51. The van der Waals surface area contributed by atoms with Gasteiger partial charge >= 0.3 is 5.82 Å². The number of halogens is 1. The number of rotatable bonds is 6. The topological polar surface area (TPSA) is 115 Å². The Kier molecular flexibility index (Phi) is 4.43. The number of nitro groups is 1. The van der Waals surface area contributed by atoms with E-state index in [0.717, 1.165) is 5.69 Å². The van der Waals surface area contributed by atoms with Crippen molar-refractivity contribution in [2.45, 2.75) is 19.9 Å². The zero-order valence-electron chi connectivity index (χ0n) is 12.7. The van der Waals surface area contributed by atoms with Crippen molar-refractivity contribution in [2.75, 3.05) is 5.32 Å². The number of aromatic nitrogens is 5. The molecule has 0 bridgehead atoms. The molecule has 1 aromatic carbocycles. The smallest absolute Gasteiger partial charge is 0.358 e. The van der Waals surface area contributed by atoms with Gasteiger partial charge in [0, 0.05) is 30.6 Å². The molecule has 0 aliphatic rings. The van der Waals surface area contributed by atoms with E-state index in [4.69, 9.17) is 11.6 Å². The molecule has 0 unspecified atom stereocenters. The fourth-order valence-corrected chi connectivity index (χ4v) is 2.28. The molecule has 3 rings (SSSR count). The Balaban J connectivity index is 1.62. The van der Waals surface area contributed by atoms with Gasteiger partial charge in [0.2, 0.25) is 11.8 Å². The number of nitrogens with zero attached hydrogens (tertiary/aromatic N) is 5. The highest BCUT2D eigenvalue weighted by Crippen LogP contribution is 2.17. The van der Waals surface area contributed by atoms with Crippen molar-refractivity contribution in [3.8, 4) is 0 Å². The molecule has 9 nitrogen and oxygen atoms in total. The minimum atomic E-state index is -0.508. The van der Waals surface area contributed by atoms with Gasteiger partial charge in [0.15, 0.2) is 0 Å². The summed E-state index contributed by atoms with van der Waals surface area (Å²) in [7, 11) is 0. The van der Waals surface area contributed by atoms with Crippen molar-refractivity contribution in [1.82, 2.24) is 24.7 Å². The van der Waals surface area contributed by atoms with Crippen molar-refractivity contribution in [3.63, 3.8) is 0 Å². The van der Waals surface area contributed by atoms with E-state index in [1.54, 1.807) is 23.6 Å². The molecule has 0 amide bonds. The second-order valence-corrected chi connectivity index (χ2v) is 5.52. The lowest BCUT2D eigenvalue weighted by molar-refractivity contribution is -0.389. The van der Waals surface area contributed by atoms with Crippen LogP contribution in [0.5, 0.6) is 0 Å². The molecule has 124 valence electrons. The van der Waals surface area contributed by atoms with Gasteiger partial charge in [-0.25, -0.2) is 0 Å². The van der Waals surface area contributed by atoms with Crippen molar-refractivity contribution < 1.29 is 4.92 Å². The molecule has 2 heterocycles. The lowest BCUT2D eigenvalue weighted by atomic mass is 10.3. The molecule has 0 saturated carbocycles. The van der Waals surface area contributed by atoms with Crippen LogP contribution in [0.4, 0.5) is 17.5 Å². The number of benzene rings is 1. The van der Waals surface area contributed by atoms with Crippen molar-refractivity contribution >= 4 is 29.1 Å². The second-order valence-electron chi connectivity index (χ2n) is 5.08. The Labute approximate surface area is 141 Å². The van der Waals surface area contributed by atoms with Gasteiger partial charge in [-0.3, -0.25) is 5.10 Å². The van der Waals surface area contributed by atoms with Gasteiger partial charge in [-0.1, -0.05) is 11.6 Å². The number of hydrogen-bond acceptors (Lipinski definition) is 6. The summed E-state index contributed by atoms with van der Waals surface area (Å²) in [5.74, 6) is 1.54. The highest BCUT2D eigenvalue weighted by Gasteiger charge is 2.15. The first kappa shape index (κ1) is 15.9. The number of aryl methyl sites for hydroxylation is 3. The van der Waals surface area contributed by atoms with E-state index in [1.165, 1.54) is 6.20 Å². The summed E-state index contributed by atoms with van der Waals surface area (Å²) < 4.78 is 1.72. The molecule has 10 heteroatoms. The summed E-state index contributed by atoms with van der Waals surface area (Å²) in [5.41, 5.74) is 0.825. The molecule has 2 N–H and O–H groups in total. The predicted octanol–water partition coefficient (Wildman–Crippen LogP) is 2.86. The molecule has 24 heavy (non-hydrogen) atoms. The number of imidazole rings is 1. The van der Waals surface area contributed by atoms with Crippen molar-refractivity contribution in [3.05, 3.63) is 57.2 Å². The van der Waals surface area contributed by atoms with E-state index >= 15 is 0 Å². The van der Waals surface area contributed by atoms with E-state index in [2.05, 4.69) is 25.5 Å². The van der Waals surface area contributed by atoms with E-state index in [9.17, 15) is 10.1 Å². The van der Waals surface area contributed by atoms with Crippen LogP contribution in [-0.2, 0) is 13.0 Å². The van der Waals surface area contributed by atoms with E-state index in [-0.39, 0.29) is 5.82 Å². The highest BCUT2D eigenvalue weighted by atomic mass is 35.5. The van der Waals surface area contributed by atoms with Crippen LogP contribution >= 0.6 is 11.6 Å². The fraction of sp³-hybridized carbons (Fsp3) is 0.214. The predicted molar refractivity (Wildman–Crippen MR) is 88.4 cm³/mol. The summed E-state index contributed by atoms with van der Waals surface area (Å²) in [4.78, 5) is 18.4. The Bertz CT molecular complexity index is 856. The third kappa shape index (κ3) is 3.69. The Morgan fingerprint density at radius 2 is 2.08 bits per heavy atom. The van der Waals surface area contributed by atoms with Crippen LogP contribution in [0.2, 0.25) is 5.02 Å². The maximum absolute atomic E-state index is 10.7. The molecular formula is C14H14ClN7O2. The van der Waals surface area contributed by atoms with Crippen LogP contribution < -0.4 is 5.32 Å². The zero-order chi connectivity index (χ0) is 17.1. The van der Waals surface area contributed by atoms with Gasteiger partial charge < -0.3 is 20.0 Å². The quantitative estimate of drug-likeness (QED) is 0.523. The highest BCUT2D eigenvalue weighted by molar-refractivity contribution is 6.30. The molecule has 0 spiro atoms. The monoisotopic (exact) mass is 347 g/mol. The first-order chi connectivity index (χ1) is 11.5. The van der Waals surface area contributed by atoms with Crippen molar-refractivity contribution in [2.24, 2.45) is 0 Å². The molecule has 0 aliphatic heterocycles. The van der Waals surface area contributed by atoms with Gasteiger partial charge in [0.1, 0.15) is 12.0 Å². The molecular weight excluding hydrogens is 334 g/mol. The molecule has 0 atom stereocenters. The summed E-state index contributed by atoms with van der Waals surface area (Å²) >= 11 is 5.84. The third-order valence-corrected chi connectivity index (χ3v) is 3.62. The maximum atomic E-state index is 10.7. The summed E-state index contributed by atoms with van der Waals surface area (Å²) in [5, 5.41) is 21.4. The van der Waals surface area contributed by atoms with Crippen LogP contribution in [0.15, 0.2) is 30.5 Å². The van der Waals surface area contributed by atoms with Crippen LogP contribution in [0.1, 0.15) is 11.6 Å². The SMILES string of the molecule is Cc1nc([N+](=O)[O-])cn1CCc1nc(Nc2ccc(Cl)cc2)n[nH]1. The fourth-order valence-electron chi connectivity index (χ4n) is 2.16. The first-order valence-electron chi connectivity index (χ1n) is 7.13. The third-order valence-electron chi connectivity index (χ3n) is 3.37. The Morgan fingerprint density at radius 3 is 2.75 bits per heavy atom. The van der Waals surface area contributed by atoms with Gasteiger partial charge in [0.05, 0.1) is 0 Å². The molecule has 2 aromatic heterocycles. The van der Waals surface area contributed by atoms with E-state index in [1.807, 2.05) is 12.1 Å². The molecule has 0 radical (unpaired) electrons. The molecule has 0 aliphatic carbocycles. The Hall–Kier alpha value is -2.94. The summed E-state index contributed by atoms with van der Waals surface area (Å²) in [6, 6.07) is 7.19. The lowest BCUT2D eigenvalue weighted by Gasteiger charge is -2.01. The molecule has 0 saturated heterocycles. The van der Waals surface area contributed by atoms with Crippen LogP contribution in [0.25, 0.3) is 0 Å². The summed E-state index contributed by atoms with van der Waals surface area (Å²) in [6.45, 7) is 2.24. The lowest BCUT2D eigenvalue weighted by Crippen LogP contribution is -2.03. The standard InChI is InChI=1S/C14H14ClN7O2/c1-9-16-13(22(23)24)8-21(9)7-6-12-18-14(20-19-12)17-11-4-2-10(15)3-5-11/h2-5,8H,6-7H2,1H3,(H2,17,18,19,20). The van der Waals surface area contributed by atoms with E-state index < -0.39 is 4.92 Å². The Morgan fingerprint density at radius 1 is 1.33 bits per heavy atom. The number of H-pyrrole nitrogens is 1. The number of aromatic amines is 1. The minimum Gasteiger partial charge on any atom is -0.358 e.